The first-order chi connectivity index (χ1) is 9.65. The molecule has 0 aliphatic rings. The molecule has 0 radical (unpaired) electrons. The Labute approximate surface area is 127 Å². The molecule has 1 aromatic carbocycles. The predicted octanol–water partition coefficient (Wildman–Crippen LogP) is 2.41. The largest absolute Gasteiger partial charge is 0.385 e. The van der Waals surface area contributed by atoms with E-state index in [1.807, 2.05) is 6.07 Å². The van der Waals surface area contributed by atoms with Crippen LogP contribution in [0.3, 0.4) is 0 Å². The molecule has 0 aromatic heterocycles. The van der Waals surface area contributed by atoms with Gasteiger partial charge in [-0.05, 0) is 12.5 Å². The molecule has 0 aliphatic carbocycles. The second kappa shape index (κ2) is 9.58. The van der Waals surface area contributed by atoms with Crippen molar-refractivity contribution >= 4 is 35.3 Å². The molecule has 0 bridgehead atoms. The number of hydrogen-bond donors (Lipinski definition) is 1. The summed E-state index contributed by atoms with van der Waals surface area (Å²) >= 11 is 11.7. The third-order valence-corrected chi connectivity index (χ3v) is 2.90. The zero-order chi connectivity index (χ0) is 14.8. The van der Waals surface area contributed by atoms with Gasteiger partial charge in [0.15, 0.2) is 0 Å². The van der Waals surface area contributed by atoms with Crippen LogP contribution in [0, 0.1) is 0 Å². The number of alkyl halides is 1. The van der Waals surface area contributed by atoms with E-state index in [2.05, 4.69) is 10.5 Å². The minimum atomic E-state index is -1.18. The van der Waals surface area contributed by atoms with Crippen LogP contribution in [0.1, 0.15) is 12.0 Å². The van der Waals surface area contributed by atoms with Crippen LogP contribution in [-0.2, 0) is 14.4 Å². The molecule has 20 heavy (non-hydrogen) atoms. The molecule has 0 aliphatic heterocycles. The first-order valence-electron chi connectivity index (χ1n) is 5.99. The summed E-state index contributed by atoms with van der Waals surface area (Å²) in [5.74, 6) is -0.445. The molecule has 0 spiro atoms. The van der Waals surface area contributed by atoms with Gasteiger partial charge >= 0.3 is 0 Å². The van der Waals surface area contributed by atoms with Crippen molar-refractivity contribution in [1.82, 2.24) is 5.32 Å². The van der Waals surface area contributed by atoms with E-state index in [0.29, 0.717) is 30.2 Å². The van der Waals surface area contributed by atoms with Gasteiger partial charge in [0.1, 0.15) is 0 Å². The van der Waals surface area contributed by atoms with E-state index < -0.39 is 11.5 Å². The monoisotopic (exact) mass is 318 g/mol. The van der Waals surface area contributed by atoms with E-state index in [1.54, 1.807) is 25.3 Å². The molecular formula is C13H16Cl2N2O3. The lowest BCUT2D eigenvalue weighted by Crippen LogP contribution is -2.33. The average molecular weight is 319 g/mol. The molecular weight excluding hydrogens is 303 g/mol. The highest BCUT2D eigenvalue weighted by atomic mass is 35.5. The second-order valence-corrected chi connectivity index (χ2v) is 4.62. The molecule has 7 heteroatoms. The van der Waals surface area contributed by atoms with Gasteiger partial charge in [0.25, 0.3) is 11.5 Å². The summed E-state index contributed by atoms with van der Waals surface area (Å²) in [6.45, 7) is 1.03. The molecule has 1 N–H and O–H groups in total. The number of halogens is 2. The molecule has 0 heterocycles. The maximum atomic E-state index is 11.5. The Bertz CT molecular complexity index is 455. The van der Waals surface area contributed by atoms with Gasteiger partial charge in [-0.25, -0.2) is 0 Å². The Balaban J connectivity index is 2.33. The van der Waals surface area contributed by atoms with Gasteiger partial charge in [-0.3, -0.25) is 4.79 Å². The molecule has 110 valence electrons. The highest BCUT2D eigenvalue weighted by Crippen LogP contribution is 2.12. The number of amides is 1. The molecule has 0 fully saturated rings. The number of ether oxygens (including phenoxy) is 1. The number of benzene rings is 1. The van der Waals surface area contributed by atoms with Crippen molar-refractivity contribution in [3.8, 4) is 0 Å². The number of carbonyl (C=O) groups is 1. The standard InChI is InChI=1S/C13H16Cl2N2O3/c1-19-8-4-7-16-13(18)12(15)20-17-9-10-5-2-3-6-11(10)14/h2-3,5-6,9,12H,4,7-8H2,1H3,(H,16,18). The van der Waals surface area contributed by atoms with Gasteiger partial charge < -0.3 is 14.9 Å². The van der Waals surface area contributed by atoms with Crippen molar-refractivity contribution in [1.29, 1.82) is 0 Å². The van der Waals surface area contributed by atoms with Crippen LogP contribution < -0.4 is 5.32 Å². The summed E-state index contributed by atoms with van der Waals surface area (Å²) in [5, 5.41) is 6.78. The fourth-order valence-electron chi connectivity index (χ4n) is 1.28. The molecule has 1 aromatic rings. The molecule has 1 amide bonds. The Hall–Kier alpha value is -1.30. The molecule has 1 rings (SSSR count). The molecule has 0 saturated carbocycles. The van der Waals surface area contributed by atoms with Crippen LogP contribution in [0.4, 0.5) is 0 Å². The molecule has 5 nitrogen and oxygen atoms in total. The number of oxime groups is 1. The fraction of sp³-hybridized carbons (Fsp3) is 0.385. The van der Waals surface area contributed by atoms with Gasteiger partial charge in [-0.2, -0.15) is 0 Å². The van der Waals surface area contributed by atoms with Crippen LogP contribution in [-0.4, -0.2) is 37.9 Å². The lowest BCUT2D eigenvalue weighted by Gasteiger charge is -2.08. The molecule has 1 unspecified atom stereocenters. The van der Waals surface area contributed by atoms with Crippen molar-refractivity contribution in [2.75, 3.05) is 20.3 Å². The van der Waals surface area contributed by atoms with Crippen molar-refractivity contribution in [3.63, 3.8) is 0 Å². The van der Waals surface area contributed by atoms with Gasteiger partial charge in [-0.15, -0.1) is 0 Å². The van der Waals surface area contributed by atoms with Crippen LogP contribution in [0.5, 0.6) is 0 Å². The van der Waals surface area contributed by atoms with Crippen LogP contribution in [0.25, 0.3) is 0 Å². The van der Waals surface area contributed by atoms with E-state index in [9.17, 15) is 4.79 Å². The summed E-state index contributed by atoms with van der Waals surface area (Å²) in [5.41, 5.74) is -0.505. The zero-order valence-corrected chi connectivity index (χ0v) is 12.5. The second-order valence-electron chi connectivity index (χ2n) is 3.81. The number of carbonyl (C=O) groups excluding carboxylic acids is 1. The highest BCUT2D eigenvalue weighted by Gasteiger charge is 2.15. The quantitative estimate of drug-likeness (QED) is 0.346. The number of methoxy groups -OCH3 is 1. The topological polar surface area (TPSA) is 59.9 Å². The summed E-state index contributed by atoms with van der Waals surface area (Å²) in [6, 6.07) is 7.11. The van der Waals surface area contributed by atoms with E-state index in [4.69, 9.17) is 32.8 Å². The van der Waals surface area contributed by atoms with Crippen LogP contribution in [0.2, 0.25) is 5.02 Å². The first-order valence-corrected chi connectivity index (χ1v) is 6.81. The number of nitrogens with one attached hydrogen (secondary N) is 1. The first kappa shape index (κ1) is 16.8. The number of hydrogen-bond acceptors (Lipinski definition) is 4. The Morgan fingerprint density at radius 3 is 2.95 bits per heavy atom. The minimum absolute atomic E-state index is 0.445. The zero-order valence-electron chi connectivity index (χ0n) is 11.0. The number of rotatable bonds is 8. The van der Waals surface area contributed by atoms with E-state index in [0.717, 1.165) is 0 Å². The normalized spacial score (nSPS) is 12.3. The third kappa shape index (κ3) is 6.23. The van der Waals surface area contributed by atoms with E-state index in [1.165, 1.54) is 6.21 Å². The van der Waals surface area contributed by atoms with Crippen molar-refractivity contribution < 1.29 is 14.4 Å². The summed E-state index contributed by atoms with van der Waals surface area (Å²) in [4.78, 5) is 16.4. The summed E-state index contributed by atoms with van der Waals surface area (Å²) < 4.78 is 4.86. The fourth-order valence-corrected chi connectivity index (χ4v) is 1.58. The van der Waals surface area contributed by atoms with Crippen molar-refractivity contribution in [2.24, 2.45) is 5.16 Å². The van der Waals surface area contributed by atoms with E-state index in [-0.39, 0.29) is 0 Å². The third-order valence-electron chi connectivity index (χ3n) is 2.28. The van der Waals surface area contributed by atoms with Gasteiger partial charge in [-0.1, -0.05) is 46.6 Å². The smallest absolute Gasteiger partial charge is 0.279 e. The van der Waals surface area contributed by atoms with Gasteiger partial charge in [0.05, 0.1) is 6.21 Å². The Kier molecular flexibility index (Phi) is 8.02. The lowest BCUT2D eigenvalue weighted by molar-refractivity contribution is -0.128. The maximum Gasteiger partial charge on any atom is 0.279 e. The van der Waals surface area contributed by atoms with Gasteiger partial charge in [0.2, 0.25) is 0 Å². The maximum absolute atomic E-state index is 11.5. The van der Waals surface area contributed by atoms with Crippen LogP contribution >= 0.6 is 23.2 Å². The van der Waals surface area contributed by atoms with Crippen molar-refractivity contribution in [3.05, 3.63) is 34.9 Å². The Morgan fingerprint density at radius 1 is 1.50 bits per heavy atom. The lowest BCUT2D eigenvalue weighted by atomic mass is 10.2. The van der Waals surface area contributed by atoms with Gasteiger partial charge in [0, 0.05) is 30.8 Å². The van der Waals surface area contributed by atoms with Crippen molar-refractivity contribution in [2.45, 2.75) is 12.0 Å². The highest BCUT2D eigenvalue weighted by molar-refractivity contribution is 6.33. The minimum Gasteiger partial charge on any atom is -0.385 e. The SMILES string of the molecule is COCCCNC(=O)C(Cl)ON=Cc1ccccc1Cl. The summed E-state index contributed by atoms with van der Waals surface area (Å²) in [6.07, 6.45) is 2.10. The van der Waals surface area contributed by atoms with E-state index >= 15 is 0 Å². The average Bonchev–Trinajstić information content (AvgIpc) is 2.45. The predicted molar refractivity (Wildman–Crippen MR) is 79.3 cm³/mol. The molecule has 1 atom stereocenters. The van der Waals surface area contributed by atoms with Crippen LogP contribution in [0.15, 0.2) is 29.4 Å². The summed E-state index contributed by atoms with van der Waals surface area (Å²) in [7, 11) is 1.60. The molecule has 0 saturated heterocycles. The number of nitrogens with zero attached hydrogens (tertiary/aromatic N) is 1. The Morgan fingerprint density at radius 2 is 2.25 bits per heavy atom.